The third-order valence-corrected chi connectivity index (χ3v) is 3.30. The van der Waals surface area contributed by atoms with Crippen molar-refractivity contribution in [3.05, 3.63) is 12.2 Å². The van der Waals surface area contributed by atoms with Crippen LogP contribution in [0.5, 0.6) is 0 Å². The molecule has 3 heteroatoms. The number of nitrogens with two attached hydrogens (primary N) is 1. The highest BCUT2D eigenvalue weighted by Gasteiger charge is 2.49. The molecule has 0 heterocycles. The zero-order chi connectivity index (χ0) is 9.47. The van der Waals surface area contributed by atoms with Crippen LogP contribution in [-0.4, -0.2) is 12.5 Å². The maximum atomic E-state index is 13.5. The Labute approximate surface area is 77.0 Å². The quantitative estimate of drug-likeness (QED) is 0.673. The summed E-state index contributed by atoms with van der Waals surface area (Å²) in [4.78, 5) is 0. The van der Waals surface area contributed by atoms with E-state index in [4.69, 9.17) is 5.73 Å². The summed E-state index contributed by atoms with van der Waals surface area (Å²) in [6.07, 6.45) is 5.48. The Morgan fingerprint density at radius 2 is 2.08 bits per heavy atom. The van der Waals surface area contributed by atoms with Crippen molar-refractivity contribution in [2.45, 2.75) is 25.2 Å². The summed E-state index contributed by atoms with van der Waals surface area (Å²) in [5.41, 5.74) is 5.18. The van der Waals surface area contributed by atoms with E-state index < -0.39 is 11.8 Å². The summed E-state index contributed by atoms with van der Waals surface area (Å²) < 4.78 is 26.9. The first-order valence-electron chi connectivity index (χ1n) is 4.89. The van der Waals surface area contributed by atoms with E-state index in [0.717, 1.165) is 6.42 Å². The second-order valence-electron chi connectivity index (χ2n) is 4.19. The summed E-state index contributed by atoms with van der Waals surface area (Å²) in [7, 11) is 0. The Morgan fingerprint density at radius 3 is 2.54 bits per heavy atom. The van der Waals surface area contributed by atoms with E-state index >= 15 is 0 Å². The molecule has 74 valence electrons. The molecule has 1 saturated carbocycles. The van der Waals surface area contributed by atoms with Crippen molar-refractivity contribution in [3.8, 4) is 0 Å². The van der Waals surface area contributed by atoms with E-state index in [-0.39, 0.29) is 18.9 Å². The highest BCUT2D eigenvalue weighted by molar-refractivity contribution is 5.12. The number of allylic oxidation sites excluding steroid dienone is 2. The van der Waals surface area contributed by atoms with Crippen LogP contribution in [-0.2, 0) is 0 Å². The van der Waals surface area contributed by atoms with Gasteiger partial charge in [0.1, 0.15) is 0 Å². The number of rotatable bonds is 3. The molecule has 2 aliphatic rings. The van der Waals surface area contributed by atoms with Crippen LogP contribution in [0.25, 0.3) is 0 Å². The molecule has 2 rings (SSSR count). The summed E-state index contributed by atoms with van der Waals surface area (Å²) in [5.74, 6) is -2.45. The summed E-state index contributed by atoms with van der Waals surface area (Å²) in [6.45, 7) is 0.0879. The monoisotopic (exact) mass is 187 g/mol. The minimum atomic E-state index is -2.54. The van der Waals surface area contributed by atoms with Crippen LogP contribution in [0.4, 0.5) is 8.78 Å². The lowest BCUT2D eigenvalue weighted by Gasteiger charge is -2.27. The van der Waals surface area contributed by atoms with Crippen LogP contribution in [0, 0.1) is 17.8 Å². The fraction of sp³-hybridized carbons (Fsp3) is 0.800. The molecular formula is C10H15F2N. The van der Waals surface area contributed by atoms with Gasteiger partial charge in [0, 0.05) is 12.3 Å². The molecule has 1 fully saturated rings. The highest BCUT2D eigenvalue weighted by Crippen LogP contribution is 2.50. The molecule has 2 N–H and O–H groups in total. The van der Waals surface area contributed by atoms with Crippen molar-refractivity contribution in [2.24, 2.45) is 23.5 Å². The van der Waals surface area contributed by atoms with Gasteiger partial charge in [0.15, 0.2) is 0 Å². The van der Waals surface area contributed by atoms with Crippen LogP contribution in [0.2, 0.25) is 0 Å². The third-order valence-electron chi connectivity index (χ3n) is 3.30. The minimum Gasteiger partial charge on any atom is -0.330 e. The van der Waals surface area contributed by atoms with E-state index in [0.29, 0.717) is 12.3 Å². The smallest absolute Gasteiger partial charge is 0.252 e. The van der Waals surface area contributed by atoms with Crippen molar-refractivity contribution in [1.82, 2.24) is 0 Å². The molecule has 2 bridgehead atoms. The van der Waals surface area contributed by atoms with Crippen LogP contribution in [0.1, 0.15) is 19.3 Å². The molecule has 0 aromatic rings. The second kappa shape index (κ2) is 3.05. The maximum Gasteiger partial charge on any atom is 0.252 e. The van der Waals surface area contributed by atoms with Crippen LogP contribution >= 0.6 is 0 Å². The first kappa shape index (κ1) is 9.13. The van der Waals surface area contributed by atoms with Gasteiger partial charge in [0.05, 0.1) is 0 Å². The second-order valence-corrected chi connectivity index (χ2v) is 4.19. The molecule has 0 amide bonds. The Morgan fingerprint density at radius 1 is 1.31 bits per heavy atom. The van der Waals surface area contributed by atoms with Crippen molar-refractivity contribution >= 4 is 0 Å². The fourth-order valence-corrected chi connectivity index (χ4v) is 2.64. The third kappa shape index (κ3) is 1.50. The van der Waals surface area contributed by atoms with Gasteiger partial charge in [0.25, 0.3) is 5.92 Å². The summed E-state index contributed by atoms with van der Waals surface area (Å²) >= 11 is 0. The van der Waals surface area contributed by atoms with Crippen molar-refractivity contribution in [2.75, 3.05) is 6.54 Å². The van der Waals surface area contributed by atoms with E-state index in [2.05, 4.69) is 6.08 Å². The van der Waals surface area contributed by atoms with Crippen molar-refractivity contribution in [3.63, 3.8) is 0 Å². The van der Waals surface area contributed by atoms with Crippen LogP contribution < -0.4 is 5.73 Å². The van der Waals surface area contributed by atoms with E-state index in [9.17, 15) is 8.78 Å². The van der Waals surface area contributed by atoms with Gasteiger partial charge in [-0.3, -0.25) is 0 Å². The number of alkyl halides is 2. The Balaban J connectivity index is 2.05. The Kier molecular flexibility index (Phi) is 2.14. The molecule has 1 nitrogen and oxygen atoms in total. The molecule has 0 saturated heterocycles. The fourth-order valence-electron chi connectivity index (χ4n) is 2.64. The summed E-state index contributed by atoms with van der Waals surface area (Å²) in [6, 6.07) is 0. The number of halogens is 2. The molecule has 0 spiro atoms. The Bertz CT molecular complexity index is 225. The molecule has 3 unspecified atom stereocenters. The molecular weight excluding hydrogens is 172 g/mol. The first-order chi connectivity index (χ1) is 6.13. The van der Waals surface area contributed by atoms with Crippen LogP contribution in [0.3, 0.4) is 0 Å². The maximum absolute atomic E-state index is 13.5. The largest absolute Gasteiger partial charge is 0.330 e. The van der Waals surface area contributed by atoms with E-state index in [1.807, 2.05) is 6.08 Å². The predicted molar refractivity (Wildman–Crippen MR) is 47.5 cm³/mol. The van der Waals surface area contributed by atoms with Gasteiger partial charge < -0.3 is 5.73 Å². The molecule has 0 aliphatic heterocycles. The van der Waals surface area contributed by atoms with Gasteiger partial charge >= 0.3 is 0 Å². The van der Waals surface area contributed by atoms with Gasteiger partial charge in [-0.25, -0.2) is 8.78 Å². The number of fused-ring (bicyclic) bond motifs is 2. The van der Waals surface area contributed by atoms with Crippen molar-refractivity contribution in [1.29, 1.82) is 0 Å². The highest BCUT2D eigenvalue weighted by atomic mass is 19.3. The van der Waals surface area contributed by atoms with Crippen LogP contribution in [0.15, 0.2) is 12.2 Å². The zero-order valence-corrected chi connectivity index (χ0v) is 7.55. The molecule has 2 aliphatic carbocycles. The van der Waals surface area contributed by atoms with E-state index in [1.54, 1.807) is 0 Å². The minimum absolute atomic E-state index is 0.0879. The zero-order valence-electron chi connectivity index (χ0n) is 7.55. The predicted octanol–water partition coefficient (Wildman–Crippen LogP) is 2.18. The lowest BCUT2D eigenvalue weighted by molar-refractivity contribution is -0.0721. The van der Waals surface area contributed by atoms with Gasteiger partial charge in [-0.2, -0.15) is 0 Å². The molecule has 0 radical (unpaired) electrons. The van der Waals surface area contributed by atoms with Gasteiger partial charge in [-0.1, -0.05) is 12.2 Å². The number of hydrogen-bond acceptors (Lipinski definition) is 1. The van der Waals surface area contributed by atoms with Crippen molar-refractivity contribution < 1.29 is 8.78 Å². The topological polar surface area (TPSA) is 26.0 Å². The first-order valence-corrected chi connectivity index (χ1v) is 4.89. The number of hydrogen-bond donors (Lipinski definition) is 1. The lowest BCUT2D eigenvalue weighted by Crippen LogP contribution is -2.33. The van der Waals surface area contributed by atoms with E-state index in [1.165, 1.54) is 0 Å². The molecule has 0 aromatic heterocycles. The molecule has 3 atom stereocenters. The summed E-state index contributed by atoms with van der Waals surface area (Å²) in [5, 5.41) is 0. The van der Waals surface area contributed by atoms with Gasteiger partial charge in [-0.05, 0) is 31.2 Å². The molecule has 13 heavy (non-hydrogen) atoms. The molecule has 0 aromatic carbocycles. The Hall–Kier alpha value is -0.440. The normalized spacial score (nSPS) is 37.3. The van der Waals surface area contributed by atoms with Gasteiger partial charge in [0.2, 0.25) is 0 Å². The SMILES string of the molecule is NCCC(F)(F)C1CC2C=CC1C2. The van der Waals surface area contributed by atoms with Gasteiger partial charge in [-0.15, -0.1) is 0 Å². The lowest BCUT2D eigenvalue weighted by atomic mass is 9.86. The average molecular weight is 187 g/mol. The standard InChI is InChI=1S/C10H15F2N/c11-10(12,3-4-13)9-6-7-1-2-8(9)5-7/h1-2,7-9H,3-6,13H2. The average Bonchev–Trinajstić information content (AvgIpc) is 2.63.